The molecular weight excluding hydrogens is 337 g/mol. The van der Waals surface area contributed by atoms with E-state index in [9.17, 15) is 14.3 Å². The molecule has 3 atom stereocenters. The number of aliphatic hydroxyl groups is 1. The number of hydrogen-bond acceptors (Lipinski definition) is 4. The molecule has 1 aliphatic heterocycles. The standard InChI is InChI=1S/C20H22FNO4/c21-11-17-19(23)18(25-13-15-7-3-1-4-8-15)12-22(17)20(24)26-14-16-9-5-2-6-10-16/h1-10,17-19,23H,11-14H2/t17-,18+,19+/m0/s1. The summed E-state index contributed by atoms with van der Waals surface area (Å²) in [5.74, 6) is 0. The molecule has 138 valence electrons. The Morgan fingerprint density at radius 3 is 2.19 bits per heavy atom. The van der Waals surface area contributed by atoms with E-state index in [4.69, 9.17) is 9.47 Å². The van der Waals surface area contributed by atoms with Crippen molar-refractivity contribution in [1.82, 2.24) is 4.90 Å². The van der Waals surface area contributed by atoms with Crippen molar-refractivity contribution < 1.29 is 23.8 Å². The summed E-state index contributed by atoms with van der Waals surface area (Å²) in [6.07, 6.45) is -2.39. The number of alkyl halides is 1. The second-order valence-corrected chi connectivity index (χ2v) is 6.24. The van der Waals surface area contributed by atoms with Crippen LogP contribution in [0.3, 0.4) is 0 Å². The van der Waals surface area contributed by atoms with Crippen molar-refractivity contribution in [2.24, 2.45) is 0 Å². The number of carbonyl (C=O) groups excluding carboxylic acids is 1. The van der Waals surface area contributed by atoms with Crippen LogP contribution in [0, 0.1) is 0 Å². The van der Waals surface area contributed by atoms with Gasteiger partial charge in [-0.3, -0.25) is 4.90 Å². The smallest absolute Gasteiger partial charge is 0.410 e. The van der Waals surface area contributed by atoms with Gasteiger partial charge in [0.05, 0.1) is 19.2 Å². The van der Waals surface area contributed by atoms with Gasteiger partial charge in [0.1, 0.15) is 25.5 Å². The van der Waals surface area contributed by atoms with Crippen LogP contribution in [0.25, 0.3) is 0 Å². The predicted molar refractivity (Wildman–Crippen MR) is 94.1 cm³/mol. The first-order valence-corrected chi connectivity index (χ1v) is 8.56. The fraction of sp³-hybridized carbons (Fsp3) is 0.350. The Hall–Kier alpha value is -2.44. The van der Waals surface area contributed by atoms with E-state index in [0.29, 0.717) is 0 Å². The molecule has 1 saturated heterocycles. The summed E-state index contributed by atoms with van der Waals surface area (Å²) in [5.41, 5.74) is 1.79. The molecule has 1 amide bonds. The molecule has 0 saturated carbocycles. The molecule has 1 fully saturated rings. The lowest BCUT2D eigenvalue weighted by Gasteiger charge is -2.22. The SMILES string of the molecule is O=C(OCc1ccccc1)N1C[C@@H](OCc2ccccc2)[C@H](O)[C@@H]1CF. The summed E-state index contributed by atoms with van der Waals surface area (Å²) in [7, 11) is 0. The van der Waals surface area contributed by atoms with Crippen molar-refractivity contribution in [1.29, 1.82) is 0 Å². The van der Waals surface area contributed by atoms with Gasteiger partial charge >= 0.3 is 6.09 Å². The number of carbonyl (C=O) groups is 1. The summed E-state index contributed by atoms with van der Waals surface area (Å²) in [5, 5.41) is 10.3. The highest BCUT2D eigenvalue weighted by molar-refractivity contribution is 5.69. The van der Waals surface area contributed by atoms with E-state index in [1.54, 1.807) is 0 Å². The number of ether oxygens (including phenoxy) is 2. The second kappa shape index (κ2) is 8.78. The zero-order valence-corrected chi connectivity index (χ0v) is 14.3. The Balaban J connectivity index is 1.57. The maximum atomic E-state index is 13.4. The Morgan fingerprint density at radius 2 is 1.62 bits per heavy atom. The largest absolute Gasteiger partial charge is 0.445 e. The quantitative estimate of drug-likeness (QED) is 0.862. The van der Waals surface area contributed by atoms with Gasteiger partial charge in [-0.1, -0.05) is 60.7 Å². The number of amides is 1. The second-order valence-electron chi connectivity index (χ2n) is 6.24. The lowest BCUT2D eigenvalue weighted by atomic mass is 10.1. The molecule has 0 bridgehead atoms. The van der Waals surface area contributed by atoms with Gasteiger partial charge in [0.2, 0.25) is 0 Å². The fourth-order valence-electron chi connectivity index (χ4n) is 2.98. The Morgan fingerprint density at radius 1 is 1.04 bits per heavy atom. The number of hydrogen-bond donors (Lipinski definition) is 1. The van der Waals surface area contributed by atoms with Gasteiger partial charge in [0.25, 0.3) is 0 Å². The van der Waals surface area contributed by atoms with Crippen molar-refractivity contribution >= 4 is 6.09 Å². The lowest BCUT2D eigenvalue weighted by molar-refractivity contribution is -0.0278. The van der Waals surface area contributed by atoms with Gasteiger partial charge in [-0.05, 0) is 11.1 Å². The normalized spacial score (nSPS) is 22.4. The molecular formula is C20H22FNO4. The number of nitrogens with zero attached hydrogens (tertiary/aromatic N) is 1. The van der Waals surface area contributed by atoms with E-state index >= 15 is 0 Å². The fourth-order valence-corrected chi connectivity index (χ4v) is 2.98. The summed E-state index contributed by atoms with van der Waals surface area (Å²) in [6.45, 7) is -0.377. The average molecular weight is 359 g/mol. The van der Waals surface area contributed by atoms with E-state index in [2.05, 4.69) is 0 Å². The van der Waals surface area contributed by atoms with E-state index in [1.165, 1.54) is 4.90 Å². The highest BCUT2D eigenvalue weighted by Crippen LogP contribution is 2.24. The van der Waals surface area contributed by atoms with Crippen molar-refractivity contribution in [2.45, 2.75) is 31.5 Å². The molecule has 26 heavy (non-hydrogen) atoms. The molecule has 2 aromatic carbocycles. The van der Waals surface area contributed by atoms with Crippen LogP contribution in [-0.4, -0.2) is 47.6 Å². The molecule has 0 aromatic heterocycles. The highest BCUT2D eigenvalue weighted by atomic mass is 19.1. The van der Waals surface area contributed by atoms with Crippen LogP contribution in [0.5, 0.6) is 0 Å². The first-order valence-electron chi connectivity index (χ1n) is 8.56. The van der Waals surface area contributed by atoms with Crippen molar-refractivity contribution in [2.75, 3.05) is 13.2 Å². The molecule has 3 rings (SSSR count). The number of benzene rings is 2. The Bertz CT molecular complexity index is 697. The maximum Gasteiger partial charge on any atom is 0.410 e. The minimum atomic E-state index is -1.09. The molecule has 1 heterocycles. The van der Waals surface area contributed by atoms with Gasteiger partial charge in [0.15, 0.2) is 0 Å². The predicted octanol–water partition coefficient (Wildman–Crippen LogP) is 2.92. The van der Waals surface area contributed by atoms with Crippen LogP contribution >= 0.6 is 0 Å². The van der Waals surface area contributed by atoms with Gasteiger partial charge in [0, 0.05) is 0 Å². The summed E-state index contributed by atoms with van der Waals surface area (Å²) in [6, 6.07) is 17.8. The zero-order valence-electron chi connectivity index (χ0n) is 14.3. The third-order valence-corrected chi connectivity index (χ3v) is 4.46. The minimum absolute atomic E-state index is 0.0935. The van der Waals surface area contributed by atoms with Crippen LogP contribution in [0.4, 0.5) is 9.18 Å². The minimum Gasteiger partial charge on any atom is -0.445 e. The molecule has 5 nitrogen and oxygen atoms in total. The van der Waals surface area contributed by atoms with Crippen molar-refractivity contribution in [3.63, 3.8) is 0 Å². The maximum absolute atomic E-state index is 13.4. The number of aliphatic hydroxyl groups excluding tert-OH is 1. The van der Waals surface area contributed by atoms with Crippen LogP contribution in [0.1, 0.15) is 11.1 Å². The monoisotopic (exact) mass is 359 g/mol. The van der Waals surface area contributed by atoms with Crippen molar-refractivity contribution in [3.05, 3.63) is 71.8 Å². The molecule has 0 aliphatic carbocycles. The van der Waals surface area contributed by atoms with Gasteiger partial charge in [-0.2, -0.15) is 0 Å². The molecule has 6 heteroatoms. The van der Waals surface area contributed by atoms with E-state index in [0.717, 1.165) is 11.1 Å². The number of halogens is 1. The van der Waals surface area contributed by atoms with Gasteiger partial charge < -0.3 is 14.6 Å². The third-order valence-electron chi connectivity index (χ3n) is 4.46. The van der Waals surface area contributed by atoms with Crippen LogP contribution in [0.15, 0.2) is 60.7 Å². The molecule has 0 radical (unpaired) electrons. The Kier molecular flexibility index (Phi) is 6.20. The molecule has 1 aliphatic rings. The van der Waals surface area contributed by atoms with E-state index < -0.39 is 31.0 Å². The first kappa shape index (κ1) is 18.4. The summed E-state index contributed by atoms with van der Waals surface area (Å²) < 4.78 is 24.4. The van der Waals surface area contributed by atoms with E-state index in [-0.39, 0.29) is 19.8 Å². The van der Waals surface area contributed by atoms with Crippen LogP contribution in [-0.2, 0) is 22.7 Å². The van der Waals surface area contributed by atoms with Crippen LogP contribution in [0.2, 0.25) is 0 Å². The van der Waals surface area contributed by atoms with E-state index in [1.807, 2.05) is 60.7 Å². The topological polar surface area (TPSA) is 59.0 Å². The van der Waals surface area contributed by atoms with Crippen LogP contribution < -0.4 is 0 Å². The third kappa shape index (κ3) is 4.39. The molecule has 0 unspecified atom stereocenters. The summed E-state index contributed by atoms with van der Waals surface area (Å²) in [4.78, 5) is 13.5. The number of likely N-dealkylation sites (tertiary alicyclic amines) is 1. The Labute approximate surface area is 152 Å². The van der Waals surface area contributed by atoms with Gasteiger partial charge in [-0.25, -0.2) is 9.18 Å². The zero-order chi connectivity index (χ0) is 18.4. The molecule has 2 aromatic rings. The number of rotatable bonds is 6. The first-order chi connectivity index (χ1) is 12.7. The lowest BCUT2D eigenvalue weighted by Crippen LogP contribution is -2.41. The molecule has 0 spiro atoms. The average Bonchev–Trinajstić information content (AvgIpc) is 3.01. The summed E-state index contributed by atoms with van der Waals surface area (Å²) >= 11 is 0. The van der Waals surface area contributed by atoms with Crippen molar-refractivity contribution in [3.8, 4) is 0 Å². The molecule has 1 N–H and O–H groups in total. The van der Waals surface area contributed by atoms with Gasteiger partial charge in [-0.15, -0.1) is 0 Å². The highest BCUT2D eigenvalue weighted by Gasteiger charge is 2.44.